The molecule has 2 aromatic rings. The number of halogens is 2. The molecule has 0 bridgehead atoms. The Kier molecular flexibility index (Phi) is 5.02. The number of aromatic nitrogens is 1. The predicted octanol–water partition coefficient (Wildman–Crippen LogP) is 3.88. The van der Waals surface area contributed by atoms with Crippen molar-refractivity contribution in [2.75, 3.05) is 18.4 Å². The second-order valence-corrected chi connectivity index (χ2v) is 6.29. The van der Waals surface area contributed by atoms with Crippen LogP contribution in [0.15, 0.2) is 36.5 Å². The lowest BCUT2D eigenvalue weighted by atomic mass is 10.2. The summed E-state index contributed by atoms with van der Waals surface area (Å²) in [5.41, 5.74) is 0.924. The van der Waals surface area contributed by atoms with E-state index in [1.54, 1.807) is 29.2 Å². The SMILES string of the molecule is O=C(Nc1c(Cl)cccc1Cl)c1ccnc(C(=O)N2CCCC2)c1. The van der Waals surface area contributed by atoms with Gasteiger partial charge in [0.15, 0.2) is 0 Å². The molecule has 3 rings (SSSR count). The second-order valence-electron chi connectivity index (χ2n) is 5.48. The number of nitrogens with zero attached hydrogens (tertiary/aromatic N) is 2. The Balaban J connectivity index is 1.80. The van der Waals surface area contributed by atoms with Crippen LogP contribution >= 0.6 is 23.2 Å². The maximum atomic E-state index is 12.4. The summed E-state index contributed by atoms with van der Waals surface area (Å²) in [7, 11) is 0. The van der Waals surface area contributed by atoms with Gasteiger partial charge in [0, 0.05) is 24.8 Å². The third-order valence-electron chi connectivity index (χ3n) is 3.84. The Bertz CT molecular complexity index is 769. The molecule has 1 fully saturated rings. The standard InChI is InChI=1S/C17H15Cl2N3O2/c18-12-4-3-5-13(19)15(12)21-16(23)11-6-7-20-14(10-11)17(24)22-8-1-2-9-22/h3-7,10H,1-2,8-9H2,(H,21,23). The van der Waals surface area contributed by atoms with Gasteiger partial charge in [-0.3, -0.25) is 14.6 Å². The van der Waals surface area contributed by atoms with Crippen molar-refractivity contribution in [3.8, 4) is 0 Å². The van der Waals surface area contributed by atoms with Gasteiger partial charge in [0.2, 0.25) is 0 Å². The average molecular weight is 364 g/mol. The zero-order chi connectivity index (χ0) is 17.1. The molecule has 0 unspecified atom stereocenters. The molecule has 24 heavy (non-hydrogen) atoms. The molecule has 1 aromatic heterocycles. The maximum absolute atomic E-state index is 12.4. The number of pyridine rings is 1. The van der Waals surface area contributed by atoms with E-state index in [0.717, 1.165) is 25.9 Å². The zero-order valence-corrected chi connectivity index (χ0v) is 14.3. The highest BCUT2D eigenvalue weighted by atomic mass is 35.5. The molecular formula is C17H15Cl2N3O2. The van der Waals surface area contributed by atoms with Crippen molar-refractivity contribution < 1.29 is 9.59 Å². The van der Waals surface area contributed by atoms with Crippen LogP contribution in [0.1, 0.15) is 33.7 Å². The molecule has 7 heteroatoms. The first-order valence-electron chi connectivity index (χ1n) is 7.57. The Hall–Kier alpha value is -2.11. The summed E-state index contributed by atoms with van der Waals surface area (Å²) in [5, 5.41) is 3.37. The van der Waals surface area contributed by atoms with E-state index in [-0.39, 0.29) is 11.6 Å². The van der Waals surface area contributed by atoms with Crippen LogP contribution in [0.3, 0.4) is 0 Å². The van der Waals surface area contributed by atoms with Crippen molar-refractivity contribution in [1.29, 1.82) is 0 Å². The molecule has 5 nitrogen and oxygen atoms in total. The number of rotatable bonds is 3. The molecule has 2 heterocycles. The van der Waals surface area contributed by atoms with E-state index < -0.39 is 5.91 Å². The topological polar surface area (TPSA) is 62.3 Å². The molecule has 0 atom stereocenters. The number of amides is 2. The Labute approximate surface area is 149 Å². The van der Waals surface area contributed by atoms with E-state index in [4.69, 9.17) is 23.2 Å². The third kappa shape index (κ3) is 3.52. The molecule has 0 spiro atoms. The van der Waals surface area contributed by atoms with E-state index in [0.29, 0.717) is 21.3 Å². The van der Waals surface area contributed by atoms with Gasteiger partial charge < -0.3 is 10.2 Å². The average Bonchev–Trinajstić information content (AvgIpc) is 3.12. The van der Waals surface area contributed by atoms with E-state index in [2.05, 4.69) is 10.3 Å². The number of hydrogen-bond acceptors (Lipinski definition) is 3. The summed E-state index contributed by atoms with van der Waals surface area (Å²) in [6.07, 6.45) is 3.44. The number of para-hydroxylation sites is 1. The Morgan fingerprint density at radius 3 is 2.42 bits per heavy atom. The lowest BCUT2D eigenvalue weighted by Gasteiger charge is -2.15. The first-order chi connectivity index (χ1) is 11.6. The molecule has 1 aromatic carbocycles. The van der Waals surface area contributed by atoms with Gasteiger partial charge >= 0.3 is 0 Å². The Morgan fingerprint density at radius 1 is 1.08 bits per heavy atom. The summed E-state index contributed by atoms with van der Waals surface area (Å²) in [6.45, 7) is 1.46. The number of benzene rings is 1. The van der Waals surface area contributed by atoms with Crippen LogP contribution < -0.4 is 5.32 Å². The van der Waals surface area contributed by atoms with Crippen molar-refractivity contribution in [3.63, 3.8) is 0 Å². The Morgan fingerprint density at radius 2 is 1.75 bits per heavy atom. The normalized spacial score (nSPS) is 13.8. The highest BCUT2D eigenvalue weighted by molar-refractivity contribution is 6.40. The molecule has 1 N–H and O–H groups in total. The van der Waals surface area contributed by atoms with Crippen molar-refractivity contribution in [2.24, 2.45) is 0 Å². The van der Waals surface area contributed by atoms with Crippen molar-refractivity contribution >= 4 is 40.7 Å². The number of carbonyl (C=O) groups excluding carboxylic acids is 2. The third-order valence-corrected chi connectivity index (χ3v) is 4.47. The first-order valence-corrected chi connectivity index (χ1v) is 8.32. The number of carbonyl (C=O) groups is 2. The zero-order valence-electron chi connectivity index (χ0n) is 12.8. The van der Waals surface area contributed by atoms with Gasteiger partial charge in [-0.25, -0.2) is 0 Å². The summed E-state index contributed by atoms with van der Waals surface area (Å²) < 4.78 is 0. The molecule has 1 saturated heterocycles. The van der Waals surface area contributed by atoms with Crippen LogP contribution in [-0.2, 0) is 0 Å². The van der Waals surface area contributed by atoms with Gasteiger partial charge in [-0.1, -0.05) is 29.3 Å². The summed E-state index contributed by atoms with van der Waals surface area (Å²) in [5.74, 6) is -0.555. The minimum atomic E-state index is -0.400. The minimum Gasteiger partial charge on any atom is -0.337 e. The fourth-order valence-corrected chi connectivity index (χ4v) is 3.07. The first kappa shape index (κ1) is 16.7. The van der Waals surface area contributed by atoms with Gasteiger partial charge in [0.1, 0.15) is 5.69 Å². The van der Waals surface area contributed by atoms with Crippen LogP contribution in [0.25, 0.3) is 0 Å². The van der Waals surface area contributed by atoms with Crippen molar-refractivity contribution in [1.82, 2.24) is 9.88 Å². The number of nitrogens with one attached hydrogen (secondary N) is 1. The molecule has 0 radical (unpaired) electrons. The lowest BCUT2D eigenvalue weighted by molar-refractivity contribution is 0.0787. The van der Waals surface area contributed by atoms with E-state index in [9.17, 15) is 9.59 Å². The smallest absolute Gasteiger partial charge is 0.272 e. The maximum Gasteiger partial charge on any atom is 0.272 e. The van der Waals surface area contributed by atoms with Gasteiger partial charge in [0.25, 0.3) is 11.8 Å². The molecule has 2 amide bonds. The molecule has 1 aliphatic rings. The summed E-state index contributed by atoms with van der Waals surface area (Å²) >= 11 is 12.1. The molecule has 1 aliphatic heterocycles. The van der Waals surface area contributed by atoms with Crippen LogP contribution in [0.4, 0.5) is 5.69 Å². The monoisotopic (exact) mass is 363 g/mol. The quantitative estimate of drug-likeness (QED) is 0.899. The van der Waals surface area contributed by atoms with Gasteiger partial charge in [-0.2, -0.15) is 0 Å². The predicted molar refractivity (Wildman–Crippen MR) is 93.8 cm³/mol. The van der Waals surface area contributed by atoms with Crippen LogP contribution in [0.2, 0.25) is 10.0 Å². The number of likely N-dealkylation sites (tertiary alicyclic amines) is 1. The van der Waals surface area contributed by atoms with Gasteiger partial charge in [-0.05, 0) is 37.1 Å². The number of hydrogen-bond donors (Lipinski definition) is 1. The molecular weight excluding hydrogens is 349 g/mol. The van der Waals surface area contributed by atoms with E-state index in [1.165, 1.54) is 12.3 Å². The fraction of sp³-hybridized carbons (Fsp3) is 0.235. The van der Waals surface area contributed by atoms with Crippen molar-refractivity contribution in [2.45, 2.75) is 12.8 Å². The lowest BCUT2D eigenvalue weighted by Crippen LogP contribution is -2.28. The minimum absolute atomic E-state index is 0.155. The molecule has 124 valence electrons. The van der Waals surface area contributed by atoms with Crippen LogP contribution in [0, 0.1) is 0 Å². The number of anilines is 1. The molecule has 0 aliphatic carbocycles. The van der Waals surface area contributed by atoms with Crippen LogP contribution in [-0.4, -0.2) is 34.8 Å². The molecule has 0 saturated carbocycles. The highest BCUT2D eigenvalue weighted by Crippen LogP contribution is 2.30. The van der Waals surface area contributed by atoms with Gasteiger partial charge in [0.05, 0.1) is 15.7 Å². The summed E-state index contributed by atoms with van der Waals surface area (Å²) in [6, 6.07) is 8.00. The van der Waals surface area contributed by atoms with E-state index >= 15 is 0 Å². The second kappa shape index (κ2) is 7.20. The summed E-state index contributed by atoms with van der Waals surface area (Å²) in [4.78, 5) is 30.6. The van der Waals surface area contributed by atoms with Crippen molar-refractivity contribution in [3.05, 3.63) is 57.8 Å². The fourth-order valence-electron chi connectivity index (χ4n) is 2.57. The highest BCUT2D eigenvalue weighted by Gasteiger charge is 2.21. The van der Waals surface area contributed by atoms with Gasteiger partial charge in [-0.15, -0.1) is 0 Å². The van der Waals surface area contributed by atoms with E-state index in [1.807, 2.05) is 0 Å². The largest absolute Gasteiger partial charge is 0.337 e. The van der Waals surface area contributed by atoms with Crippen LogP contribution in [0.5, 0.6) is 0 Å².